The number of amides is 1. The SMILES string of the molecule is O=C1OC(COS)CN1c1ccc(N2C=NNCC2)c(F)c1. The summed E-state index contributed by atoms with van der Waals surface area (Å²) in [6.07, 6.45) is 0.602. The lowest BCUT2D eigenvalue weighted by Crippen LogP contribution is -2.35. The second-order valence-electron chi connectivity index (χ2n) is 4.89. The van der Waals surface area contributed by atoms with Crippen LogP contribution in [0.25, 0.3) is 0 Å². The van der Waals surface area contributed by atoms with Crippen molar-refractivity contribution < 1.29 is 18.1 Å². The van der Waals surface area contributed by atoms with E-state index in [0.717, 1.165) is 0 Å². The molecule has 0 aliphatic carbocycles. The summed E-state index contributed by atoms with van der Waals surface area (Å²) in [7, 11) is 0. The number of benzene rings is 1. The Morgan fingerprint density at radius 3 is 3.09 bits per heavy atom. The summed E-state index contributed by atoms with van der Waals surface area (Å²) in [6.45, 7) is 1.74. The molecule has 2 heterocycles. The molecule has 1 aromatic carbocycles. The molecule has 0 bridgehead atoms. The molecule has 1 saturated heterocycles. The minimum absolute atomic E-state index is 0.184. The fourth-order valence-electron chi connectivity index (χ4n) is 2.38. The fourth-order valence-corrected chi connectivity index (χ4v) is 2.55. The monoisotopic (exact) mass is 326 g/mol. The van der Waals surface area contributed by atoms with Crippen molar-refractivity contribution >= 4 is 36.7 Å². The Labute approximate surface area is 132 Å². The van der Waals surface area contributed by atoms with Crippen LogP contribution in [0.1, 0.15) is 0 Å². The smallest absolute Gasteiger partial charge is 0.414 e. The zero-order chi connectivity index (χ0) is 15.5. The van der Waals surface area contributed by atoms with Gasteiger partial charge in [-0.05, 0) is 31.1 Å². The number of carbonyl (C=O) groups excluding carboxylic acids is 1. The molecule has 1 unspecified atom stereocenters. The molecule has 2 aliphatic rings. The second kappa shape index (κ2) is 6.41. The third-order valence-corrected chi connectivity index (χ3v) is 3.59. The molecular formula is C13H15FN4O3S. The quantitative estimate of drug-likeness (QED) is 0.646. The minimum Gasteiger partial charge on any atom is -0.441 e. The van der Waals surface area contributed by atoms with Crippen molar-refractivity contribution in [2.75, 3.05) is 36.0 Å². The number of cyclic esters (lactones) is 1. The predicted octanol–water partition coefficient (Wildman–Crippen LogP) is 1.37. The third-order valence-electron chi connectivity index (χ3n) is 3.44. The Hall–Kier alpha value is -2.00. The molecule has 0 aromatic heterocycles. The molecule has 118 valence electrons. The van der Waals surface area contributed by atoms with Gasteiger partial charge in [0.1, 0.15) is 18.3 Å². The Kier molecular flexibility index (Phi) is 4.34. The van der Waals surface area contributed by atoms with Gasteiger partial charge in [0.15, 0.2) is 0 Å². The highest BCUT2D eigenvalue weighted by Crippen LogP contribution is 2.27. The van der Waals surface area contributed by atoms with Crippen molar-refractivity contribution in [3.8, 4) is 0 Å². The van der Waals surface area contributed by atoms with E-state index >= 15 is 0 Å². The molecule has 1 amide bonds. The number of nitrogens with zero attached hydrogens (tertiary/aromatic N) is 3. The highest BCUT2D eigenvalue weighted by molar-refractivity contribution is 7.75. The van der Waals surface area contributed by atoms with Gasteiger partial charge in [-0.3, -0.25) is 4.90 Å². The number of hydrogen-bond acceptors (Lipinski definition) is 7. The molecule has 7 nitrogen and oxygen atoms in total. The topological polar surface area (TPSA) is 66.4 Å². The summed E-state index contributed by atoms with van der Waals surface area (Å²) in [5.41, 5.74) is 3.66. The maximum atomic E-state index is 14.3. The number of hydrogen-bond donors (Lipinski definition) is 2. The van der Waals surface area contributed by atoms with Crippen LogP contribution < -0.4 is 15.2 Å². The highest BCUT2D eigenvalue weighted by atomic mass is 32.1. The number of carbonyl (C=O) groups is 1. The maximum Gasteiger partial charge on any atom is 0.414 e. The molecule has 1 fully saturated rings. The average molecular weight is 326 g/mol. The van der Waals surface area contributed by atoms with Gasteiger partial charge in [0.2, 0.25) is 0 Å². The van der Waals surface area contributed by atoms with Crippen LogP contribution in [0.5, 0.6) is 0 Å². The van der Waals surface area contributed by atoms with E-state index in [9.17, 15) is 9.18 Å². The van der Waals surface area contributed by atoms with Gasteiger partial charge >= 0.3 is 6.09 Å². The first kappa shape index (κ1) is 14.9. The number of halogens is 1. The molecular weight excluding hydrogens is 311 g/mol. The van der Waals surface area contributed by atoms with Gasteiger partial charge in [0.25, 0.3) is 0 Å². The van der Waals surface area contributed by atoms with Gasteiger partial charge in [-0.1, -0.05) is 0 Å². The number of thiol groups is 1. The van der Waals surface area contributed by atoms with E-state index in [2.05, 4.69) is 27.6 Å². The number of ether oxygens (including phenoxy) is 1. The van der Waals surface area contributed by atoms with E-state index in [1.165, 1.54) is 17.3 Å². The van der Waals surface area contributed by atoms with Crippen LogP contribution in [0.4, 0.5) is 20.6 Å². The standard InChI is InChI=1S/C13H15FN4O3S/c14-11-5-9(18-6-10(7-20-22)21-13(18)19)1-2-12(11)17-4-3-15-16-8-17/h1-2,5,8,10,15,22H,3-4,6-7H2. The van der Waals surface area contributed by atoms with Crippen LogP contribution in [-0.4, -0.2) is 44.8 Å². The van der Waals surface area contributed by atoms with E-state index in [-0.39, 0.29) is 6.61 Å². The van der Waals surface area contributed by atoms with Crippen LogP contribution in [0, 0.1) is 5.82 Å². The molecule has 1 aromatic rings. The van der Waals surface area contributed by atoms with Crippen molar-refractivity contribution in [1.82, 2.24) is 5.43 Å². The largest absolute Gasteiger partial charge is 0.441 e. The van der Waals surface area contributed by atoms with Crippen LogP contribution in [-0.2, 0) is 8.92 Å². The maximum absolute atomic E-state index is 14.3. The molecule has 0 spiro atoms. The zero-order valence-corrected chi connectivity index (χ0v) is 12.5. The number of nitrogens with one attached hydrogen (secondary N) is 1. The summed E-state index contributed by atoms with van der Waals surface area (Å²) in [5.74, 6) is -0.424. The Morgan fingerprint density at radius 1 is 1.55 bits per heavy atom. The summed E-state index contributed by atoms with van der Waals surface area (Å²) in [5, 5.41) is 3.90. The van der Waals surface area contributed by atoms with E-state index < -0.39 is 18.0 Å². The summed E-state index contributed by atoms with van der Waals surface area (Å²) in [4.78, 5) is 14.9. The number of anilines is 2. The first-order valence-corrected chi connectivity index (χ1v) is 7.12. The van der Waals surface area contributed by atoms with Crippen LogP contribution in [0.3, 0.4) is 0 Å². The first-order valence-electron chi connectivity index (χ1n) is 6.76. The second-order valence-corrected chi connectivity index (χ2v) is 5.15. The Bertz CT molecular complexity index is 601. The van der Waals surface area contributed by atoms with Gasteiger partial charge in [-0.2, -0.15) is 5.10 Å². The Balaban J connectivity index is 1.78. The molecule has 0 saturated carbocycles. The number of rotatable bonds is 4. The van der Waals surface area contributed by atoms with E-state index in [1.807, 2.05) is 0 Å². The molecule has 1 N–H and O–H groups in total. The van der Waals surface area contributed by atoms with E-state index in [1.54, 1.807) is 17.0 Å². The minimum atomic E-state index is -0.522. The lowest BCUT2D eigenvalue weighted by Gasteiger charge is -2.24. The molecule has 0 radical (unpaired) electrons. The molecule has 2 aliphatic heterocycles. The van der Waals surface area contributed by atoms with E-state index in [0.29, 0.717) is 31.0 Å². The average Bonchev–Trinajstić information content (AvgIpc) is 2.89. The van der Waals surface area contributed by atoms with E-state index in [4.69, 9.17) is 4.74 Å². The molecule has 22 heavy (non-hydrogen) atoms. The van der Waals surface area contributed by atoms with Crippen molar-refractivity contribution in [2.24, 2.45) is 5.10 Å². The van der Waals surface area contributed by atoms with Gasteiger partial charge in [-0.15, -0.1) is 0 Å². The first-order chi connectivity index (χ1) is 10.7. The van der Waals surface area contributed by atoms with Crippen LogP contribution in [0.15, 0.2) is 23.3 Å². The molecule has 1 atom stereocenters. The summed E-state index contributed by atoms with van der Waals surface area (Å²) >= 11 is 3.64. The fraction of sp³-hybridized carbons (Fsp3) is 0.385. The lowest BCUT2D eigenvalue weighted by atomic mass is 10.2. The Morgan fingerprint density at radius 2 is 2.41 bits per heavy atom. The predicted molar refractivity (Wildman–Crippen MR) is 82.8 cm³/mol. The number of hydrazone groups is 1. The third kappa shape index (κ3) is 2.95. The van der Waals surface area contributed by atoms with Crippen molar-refractivity contribution in [1.29, 1.82) is 0 Å². The van der Waals surface area contributed by atoms with Crippen molar-refractivity contribution in [3.63, 3.8) is 0 Å². The van der Waals surface area contributed by atoms with Crippen molar-refractivity contribution in [3.05, 3.63) is 24.0 Å². The van der Waals surface area contributed by atoms with Gasteiger partial charge in [0, 0.05) is 6.54 Å². The zero-order valence-electron chi connectivity index (χ0n) is 11.6. The van der Waals surface area contributed by atoms with Crippen LogP contribution >= 0.6 is 12.9 Å². The molecule has 3 rings (SSSR count). The van der Waals surface area contributed by atoms with Crippen LogP contribution in [0.2, 0.25) is 0 Å². The van der Waals surface area contributed by atoms with Gasteiger partial charge in [-0.25, -0.2) is 9.18 Å². The molecule has 9 heteroatoms. The summed E-state index contributed by atoms with van der Waals surface area (Å²) < 4.78 is 24.1. The lowest BCUT2D eigenvalue weighted by molar-refractivity contribution is 0.113. The van der Waals surface area contributed by atoms with Gasteiger partial charge in [0.05, 0.1) is 31.1 Å². The summed E-state index contributed by atoms with van der Waals surface area (Å²) in [6, 6.07) is 4.62. The van der Waals surface area contributed by atoms with Crippen molar-refractivity contribution in [2.45, 2.75) is 6.10 Å². The normalized spacial score (nSPS) is 21.0. The highest BCUT2D eigenvalue weighted by Gasteiger charge is 2.32. The van der Waals surface area contributed by atoms with Gasteiger partial charge < -0.3 is 19.2 Å².